The fraction of sp³-hybridized carbons (Fsp3) is 0.300. The van der Waals surface area contributed by atoms with Crippen molar-refractivity contribution in [1.29, 1.82) is 0 Å². The van der Waals surface area contributed by atoms with Gasteiger partial charge in [0.05, 0.1) is 19.3 Å². The van der Waals surface area contributed by atoms with Gasteiger partial charge in [0.15, 0.2) is 0 Å². The van der Waals surface area contributed by atoms with Crippen molar-refractivity contribution in [2.45, 2.75) is 25.2 Å². The lowest BCUT2D eigenvalue weighted by Crippen LogP contribution is -2.51. The van der Waals surface area contributed by atoms with Gasteiger partial charge in [-0.2, -0.15) is 0 Å². The van der Waals surface area contributed by atoms with E-state index < -0.39 is 0 Å². The smallest absolute Gasteiger partial charge is 0.271 e. The van der Waals surface area contributed by atoms with Crippen molar-refractivity contribution in [1.82, 2.24) is 14.7 Å². The van der Waals surface area contributed by atoms with E-state index in [9.17, 15) is 4.79 Å². The van der Waals surface area contributed by atoms with Crippen molar-refractivity contribution >= 4 is 11.6 Å². The highest BCUT2D eigenvalue weighted by Crippen LogP contribution is 2.19. The zero-order valence-corrected chi connectivity index (χ0v) is 14.7. The van der Waals surface area contributed by atoms with E-state index in [1.54, 1.807) is 18.3 Å². The number of aliphatic hydroxyl groups excluding tert-OH is 1. The van der Waals surface area contributed by atoms with Gasteiger partial charge in [-0.05, 0) is 36.2 Å². The van der Waals surface area contributed by atoms with Gasteiger partial charge in [0.2, 0.25) is 0 Å². The molecule has 7 heteroatoms. The Morgan fingerprint density at radius 3 is 2.93 bits per heavy atom. The summed E-state index contributed by atoms with van der Waals surface area (Å²) in [6.07, 6.45) is 3.95. The van der Waals surface area contributed by atoms with Gasteiger partial charge in [-0.1, -0.05) is 18.2 Å². The number of benzene rings is 1. The van der Waals surface area contributed by atoms with E-state index in [0.717, 1.165) is 11.2 Å². The number of hydrogen-bond donors (Lipinski definition) is 2. The zero-order valence-electron chi connectivity index (χ0n) is 14.7. The Kier molecular flexibility index (Phi) is 5.04. The molecular formula is C20H21N3O4. The van der Waals surface area contributed by atoms with Gasteiger partial charge in [0.25, 0.3) is 5.91 Å². The number of nitrogens with one attached hydrogen (secondary N) is 1. The van der Waals surface area contributed by atoms with Crippen LogP contribution in [0.25, 0.3) is 5.65 Å². The number of ether oxygens (including phenoxy) is 2. The Morgan fingerprint density at radius 1 is 1.30 bits per heavy atom. The van der Waals surface area contributed by atoms with Crippen LogP contribution in [-0.2, 0) is 11.3 Å². The molecule has 1 aliphatic heterocycles. The average molecular weight is 367 g/mol. The van der Waals surface area contributed by atoms with E-state index >= 15 is 0 Å². The Labute approximate surface area is 156 Å². The average Bonchev–Trinajstić information content (AvgIpc) is 3.14. The van der Waals surface area contributed by atoms with Crippen molar-refractivity contribution in [2.75, 3.05) is 13.2 Å². The molecule has 27 heavy (non-hydrogen) atoms. The lowest BCUT2D eigenvalue weighted by atomic mass is 10.1. The topological polar surface area (TPSA) is 85.1 Å². The summed E-state index contributed by atoms with van der Waals surface area (Å²) in [7, 11) is 0. The number of nitrogens with zero attached hydrogens (tertiary/aromatic N) is 2. The van der Waals surface area contributed by atoms with Crippen molar-refractivity contribution in [3.05, 3.63) is 66.1 Å². The van der Waals surface area contributed by atoms with Gasteiger partial charge < -0.3 is 24.3 Å². The molecule has 0 aliphatic carbocycles. The highest BCUT2D eigenvalue weighted by atomic mass is 16.5. The van der Waals surface area contributed by atoms with Crippen LogP contribution in [0.1, 0.15) is 22.5 Å². The SMILES string of the molecule is O=C(N[C@@H]1CCOC[C@H]1Oc1ccc(CO)cc1)c1cn2ccccc2n1. The number of aliphatic hydroxyl groups is 1. The number of rotatable bonds is 5. The third kappa shape index (κ3) is 3.94. The molecule has 1 aliphatic rings. The molecule has 0 unspecified atom stereocenters. The molecule has 2 aromatic heterocycles. The fourth-order valence-electron chi connectivity index (χ4n) is 3.13. The molecule has 1 fully saturated rings. The van der Waals surface area contributed by atoms with Gasteiger partial charge in [-0.25, -0.2) is 4.98 Å². The summed E-state index contributed by atoms with van der Waals surface area (Å²) in [6, 6.07) is 12.7. The second-order valence-electron chi connectivity index (χ2n) is 6.49. The molecule has 1 amide bonds. The second-order valence-corrected chi connectivity index (χ2v) is 6.49. The number of imidazole rings is 1. The maximum Gasteiger partial charge on any atom is 0.271 e. The number of carbonyl (C=O) groups excluding carboxylic acids is 1. The van der Waals surface area contributed by atoms with Crippen LogP contribution < -0.4 is 10.1 Å². The van der Waals surface area contributed by atoms with Crippen molar-refractivity contribution in [3.63, 3.8) is 0 Å². The number of fused-ring (bicyclic) bond motifs is 1. The predicted octanol–water partition coefficient (Wildman–Crippen LogP) is 1.79. The van der Waals surface area contributed by atoms with Gasteiger partial charge in [-0.3, -0.25) is 4.79 Å². The Morgan fingerprint density at radius 2 is 2.15 bits per heavy atom. The van der Waals surface area contributed by atoms with Gasteiger partial charge in [0.1, 0.15) is 23.2 Å². The molecule has 140 valence electrons. The van der Waals surface area contributed by atoms with Gasteiger partial charge in [-0.15, -0.1) is 0 Å². The van der Waals surface area contributed by atoms with Crippen LogP contribution in [0, 0.1) is 0 Å². The van der Waals surface area contributed by atoms with Crippen LogP contribution in [0.5, 0.6) is 5.75 Å². The highest BCUT2D eigenvalue weighted by molar-refractivity contribution is 5.93. The first-order valence-electron chi connectivity index (χ1n) is 8.92. The minimum absolute atomic E-state index is 0.00941. The normalized spacial score (nSPS) is 19.7. The molecule has 0 radical (unpaired) electrons. The van der Waals surface area contributed by atoms with Crippen LogP contribution >= 0.6 is 0 Å². The Balaban J connectivity index is 1.45. The monoisotopic (exact) mass is 367 g/mol. The van der Waals surface area contributed by atoms with E-state index in [-0.39, 0.29) is 24.7 Å². The van der Waals surface area contributed by atoms with Crippen LogP contribution in [0.3, 0.4) is 0 Å². The summed E-state index contributed by atoms with van der Waals surface area (Å²) in [6.45, 7) is 0.960. The molecule has 0 bridgehead atoms. The molecule has 0 saturated carbocycles. The first kappa shape index (κ1) is 17.5. The molecule has 2 N–H and O–H groups in total. The van der Waals surface area contributed by atoms with Crippen LogP contribution in [-0.4, -0.2) is 45.8 Å². The van der Waals surface area contributed by atoms with Crippen molar-refractivity contribution in [2.24, 2.45) is 0 Å². The second kappa shape index (κ2) is 7.77. The van der Waals surface area contributed by atoms with E-state index in [0.29, 0.717) is 31.1 Å². The molecular weight excluding hydrogens is 346 g/mol. The van der Waals surface area contributed by atoms with Gasteiger partial charge in [0, 0.05) is 19.0 Å². The Bertz CT molecular complexity index is 889. The number of aromatic nitrogens is 2. The third-order valence-corrected chi connectivity index (χ3v) is 4.61. The van der Waals surface area contributed by atoms with Gasteiger partial charge >= 0.3 is 0 Å². The molecule has 1 aromatic carbocycles. The summed E-state index contributed by atoms with van der Waals surface area (Å²) in [5, 5.41) is 12.2. The standard InChI is InChI=1S/C20H21N3O4/c24-12-14-4-6-15(7-5-14)27-18-13-26-10-8-16(18)22-20(25)17-11-23-9-2-1-3-19(23)21-17/h1-7,9,11,16,18,24H,8,10,12-13H2,(H,22,25)/t16-,18-/m1/s1. The molecule has 7 nitrogen and oxygen atoms in total. The molecule has 3 aromatic rings. The van der Waals surface area contributed by atoms with Crippen molar-refractivity contribution in [3.8, 4) is 5.75 Å². The fourth-order valence-corrected chi connectivity index (χ4v) is 3.13. The summed E-state index contributed by atoms with van der Waals surface area (Å²) >= 11 is 0. The van der Waals surface area contributed by atoms with Crippen molar-refractivity contribution < 1.29 is 19.4 Å². The van der Waals surface area contributed by atoms with Crippen LogP contribution in [0.4, 0.5) is 0 Å². The summed E-state index contributed by atoms with van der Waals surface area (Å²) < 4.78 is 13.4. The van der Waals surface area contributed by atoms with E-state index in [4.69, 9.17) is 14.6 Å². The number of pyridine rings is 1. The first-order chi connectivity index (χ1) is 13.2. The molecule has 2 atom stereocenters. The summed E-state index contributed by atoms with van der Waals surface area (Å²) in [5.41, 5.74) is 1.92. The summed E-state index contributed by atoms with van der Waals surface area (Å²) in [5.74, 6) is 0.449. The van der Waals surface area contributed by atoms with Crippen LogP contribution in [0.15, 0.2) is 54.9 Å². The zero-order chi connectivity index (χ0) is 18.6. The lowest BCUT2D eigenvalue weighted by Gasteiger charge is -2.32. The molecule has 1 saturated heterocycles. The van der Waals surface area contributed by atoms with Crippen LogP contribution in [0.2, 0.25) is 0 Å². The minimum atomic E-state index is -0.292. The third-order valence-electron chi connectivity index (χ3n) is 4.61. The molecule has 3 heterocycles. The largest absolute Gasteiger partial charge is 0.486 e. The molecule has 4 rings (SSSR count). The quantitative estimate of drug-likeness (QED) is 0.718. The number of hydrogen-bond acceptors (Lipinski definition) is 5. The maximum atomic E-state index is 12.7. The lowest BCUT2D eigenvalue weighted by molar-refractivity contribution is -0.0135. The molecule has 0 spiro atoms. The number of amides is 1. The Hall–Kier alpha value is -2.90. The first-order valence-corrected chi connectivity index (χ1v) is 8.92. The number of carbonyl (C=O) groups is 1. The summed E-state index contributed by atoms with van der Waals surface area (Å²) in [4.78, 5) is 17.0. The van der Waals surface area contributed by atoms with E-state index in [1.165, 1.54) is 0 Å². The predicted molar refractivity (Wildman–Crippen MR) is 98.7 cm³/mol. The van der Waals surface area contributed by atoms with E-state index in [1.807, 2.05) is 40.9 Å². The highest BCUT2D eigenvalue weighted by Gasteiger charge is 2.29. The maximum absolute atomic E-state index is 12.7. The van der Waals surface area contributed by atoms with E-state index in [2.05, 4.69) is 10.3 Å². The minimum Gasteiger partial charge on any atom is -0.486 e.